The predicted octanol–water partition coefficient (Wildman–Crippen LogP) is 2.80. The highest BCUT2D eigenvalue weighted by Gasteiger charge is 2.09. The molecule has 116 valence electrons. The van der Waals surface area contributed by atoms with E-state index >= 15 is 0 Å². The van der Waals surface area contributed by atoms with E-state index in [9.17, 15) is 4.79 Å². The number of fused-ring (bicyclic) bond motifs is 1. The van der Waals surface area contributed by atoms with Crippen LogP contribution in [0.25, 0.3) is 17.1 Å². The lowest BCUT2D eigenvalue weighted by Gasteiger charge is -2.07. The van der Waals surface area contributed by atoms with Crippen molar-refractivity contribution in [2.75, 3.05) is 14.2 Å². The Labute approximate surface area is 132 Å². The second kappa shape index (κ2) is 6.31. The maximum atomic E-state index is 12.3. The zero-order valence-corrected chi connectivity index (χ0v) is 12.8. The SMILES string of the molecule is COc1ccc(/C=C/C(=O)n2nnc3ccccc32)c(OC)c1. The number of nitrogens with zero attached hydrogens (tertiary/aromatic N) is 3. The van der Waals surface area contributed by atoms with Crippen LogP contribution in [0, 0.1) is 0 Å². The molecule has 0 unspecified atom stereocenters. The lowest BCUT2D eigenvalue weighted by Crippen LogP contribution is -2.09. The largest absolute Gasteiger partial charge is 0.497 e. The number of hydrogen-bond donors (Lipinski definition) is 0. The quantitative estimate of drug-likeness (QED) is 0.693. The zero-order chi connectivity index (χ0) is 16.2. The number of allylic oxidation sites excluding steroid dienone is 1. The Balaban J connectivity index is 1.89. The molecule has 0 aliphatic rings. The first-order chi connectivity index (χ1) is 11.2. The molecule has 0 spiro atoms. The number of carbonyl (C=O) groups is 1. The van der Waals surface area contributed by atoms with Gasteiger partial charge in [0, 0.05) is 17.7 Å². The first-order valence-corrected chi connectivity index (χ1v) is 6.98. The molecule has 0 saturated heterocycles. The summed E-state index contributed by atoms with van der Waals surface area (Å²) >= 11 is 0. The minimum absolute atomic E-state index is 0.281. The van der Waals surface area contributed by atoms with Crippen molar-refractivity contribution in [3.8, 4) is 11.5 Å². The van der Waals surface area contributed by atoms with Crippen molar-refractivity contribution in [2.45, 2.75) is 0 Å². The molecule has 3 rings (SSSR count). The van der Waals surface area contributed by atoms with Crippen molar-refractivity contribution >= 4 is 23.0 Å². The van der Waals surface area contributed by atoms with Gasteiger partial charge in [-0.05, 0) is 30.3 Å². The van der Waals surface area contributed by atoms with Crippen LogP contribution in [-0.4, -0.2) is 35.1 Å². The number of ether oxygens (including phenoxy) is 2. The van der Waals surface area contributed by atoms with Crippen LogP contribution in [0.15, 0.2) is 48.5 Å². The fourth-order valence-electron chi connectivity index (χ4n) is 2.22. The van der Waals surface area contributed by atoms with Gasteiger partial charge in [-0.3, -0.25) is 4.79 Å². The summed E-state index contributed by atoms with van der Waals surface area (Å²) in [4.78, 5) is 12.3. The van der Waals surface area contributed by atoms with Crippen LogP contribution in [0.2, 0.25) is 0 Å². The summed E-state index contributed by atoms with van der Waals surface area (Å²) in [6.07, 6.45) is 3.11. The van der Waals surface area contributed by atoms with E-state index in [1.165, 1.54) is 10.8 Å². The van der Waals surface area contributed by atoms with E-state index in [-0.39, 0.29) is 5.91 Å². The maximum Gasteiger partial charge on any atom is 0.272 e. The van der Waals surface area contributed by atoms with E-state index in [2.05, 4.69) is 10.3 Å². The van der Waals surface area contributed by atoms with Gasteiger partial charge >= 0.3 is 0 Å². The zero-order valence-electron chi connectivity index (χ0n) is 12.8. The summed E-state index contributed by atoms with van der Waals surface area (Å²) in [7, 11) is 3.16. The standard InChI is InChI=1S/C17H15N3O3/c1-22-13-9-7-12(16(11-13)23-2)8-10-17(21)20-15-6-4-3-5-14(15)18-19-20/h3-11H,1-2H3/b10-8+. The molecule has 1 aromatic heterocycles. The van der Waals surface area contributed by atoms with Crippen LogP contribution in [-0.2, 0) is 0 Å². The number of aromatic nitrogens is 3. The molecule has 6 heteroatoms. The smallest absolute Gasteiger partial charge is 0.272 e. The highest BCUT2D eigenvalue weighted by atomic mass is 16.5. The number of carbonyl (C=O) groups excluding carboxylic acids is 1. The Bertz CT molecular complexity index is 884. The first-order valence-electron chi connectivity index (χ1n) is 6.98. The molecule has 1 heterocycles. The molecule has 2 aromatic carbocycles. The van der Waals surface area contributed by atoms with Crippen molar-refractivity contribution in [3.05, 3.63) is 54.1 Å². The molecular formula is C17H15N3O3. The third-order valence-corrected chi connectivity index (χ3v) is 3.41. The Morgan fingerprint density at radius 1 is 1.13 bits per heavy atom. The number of methoxy groups -OCH3 is 2. The van der Waals surface area contributed by atoms with Crippen LogP contribution in [0.1, 0.15) is 10.4 Å². The fourth-order valence-corrected chi connectivity index (χ4v) is 2.22. The summed E-state index contributed by atoms with van der Waals surface area (Å²) in [6.45, 7) is 0. The van der Waals surface area contributed by atoms with E-state index in [0.717, 1.165) is 5.56 Å². The molecule has 0 aliphatic heterocycles. The van der Waals surface area contributed by atoms with E-state index in [1.54, 1.807) is 38.5 Å². The van der Waals surface area contributed by atoms with Gasteiger partial charge in [0.1, 0.15) is 17.0 Å². The van der Waals surface area contributed by atoms with Gasteiger partial charge in [0.2, 0.25) is 0 Å². The minimum atomic E-state index is -0.281. The van der Waals surface area contributed by atoms with Crippen LogP contribution < -0.4 is 9.47 Å². The molecular weight excluding hydrogens is 294 g/mol. The van der Waals surface area contributed by atoms with Gasteiger partial charge in [0.05, 0.1) is 19.7 Å². The first kappa shape index (κ1) is 14.8. The average molecular weight is 309 g/mol. The molecule has 0 saturated carbocycles. The molecule has 3 aromatic rings. The molecule has 0 N–H and O–H groups in total. The van der Waals surface area contributed by atoms with Crippen molar-refractivity contribution in [2.24, 2.45) is 0 Å². The van der Waals surface area contributed by atoms with Crippen LogP contribution in [0.4, 0.5) is 0 Å². The Morgan fingerprint density at radius 3 is 2.74 bits per heavy atom. The highest BCUT2D eigenvalue weighted by molar-refractivity contribution is 5.98. The third kappa shape index (κ3) is 2.91. The molecule has 6 nitrogen and oxygen atoms in total. The monoisotopic (exact) mass is 309 g/mol. The maximum absolute atomic E-state index is 12.3. The summed E-state index contributed by atoms with van der Waals surface area (Å²) in [5.41, 5.74) is 2.12. The lowest BCUT2D eigenvalue weighted by molar-refractivity contribution is 0.0958. The summed E-state index contributed by atoms with van der Waals surface area (Å²) in [5.74, 6) is 1.03. The highest BCUT2D eigenvalue weighted by Crippen LogP contribution is 2.25. The normalized spacial score (nSPS) is 11.0. The number of rotatable bonds is 4. The van der Waals surface area contributed by atoms with Gasteiger partial charge in [-0.1, -0.05) is 17.3 Å². The molecule has 23 heavy (non-hydrogen) atoms. The molecule has 0 atom stereocenters. The Morgan fingerprint density at radius 2 is 1.96 bits per heavy atom. The topological polar surface area (TPSA) is 66.2 Å². The van der Waals surface area contributed by atoms with Crippen molar-refractivity contribution < 1.29 is 14.3 Å². The van der Waals surface area contributed by atoms with Gasteiger partial charge in [-0.15, -0.1) is 5.10 Å². The summed E-state index contributed by atoms with van der Waals surface area (Å²) < 4.78 is 11.7. The number of para-hydroxylation sites is 1. The van der Waals surface area contributed by atoms with E-state index in [4.69, 9.17) is 9.47 Å². The van der Waals surface area contributed by atoms with Crippen molar-refractivity contribution in [3.63, 3.8) is 0 Å². The van der Waals surface area contributed by atoms with Gasteiger partial charge < -0.3 is 9.47 Å². The van der Waals surface area contributed by atoms with Crippen LogP contribution >= 0.6 is 0 Å². The van der Waals surface area contributed by atoms with Gasteiger partial charge in [0.15, 0.2) is 0 Å². The second-order valence-corrected chi connectivity index (χ2v) is 4.77. The van der Waals surface area contributed by atoms with E-state index in [1.807, 2.05) is 24.3 Å². The van der Waals surface area contributed by atoms with E-state index < -0.39 is 0 Å². The molecule has 0 radical (unpaired) electrons. The Hall–Kier alpha value is -3.15. The number of benzene rings is 2. The van der Waals surface area contributed by atoms with Crippen LogP contribution in [0.5, 0.6) is 11.5 Å². The number of hydrogen-bond acceptors (Lipinski definition) is 5. The summed E-state index contributed by atoms with van der Waals surface area (Å²) in [6, 6.07) is 12.7. The van der Waals surface area contributed by atoms with Gasteiger partial charge in [-0.25, -0.2) is 0 Å². The van der Waals surface area contributed by atoms with Crippen LogP contribution in [0.3, 0.4) is 0 Å². The molecule has 0 amide bonds. The Kier molecular flexibility index (Phi) is 4.05. The minimum Gasteiger partial charge on any atom is -0.497 e. The molecule has 0 bridgehead atoms. The van der Waals surface area contributed by atoms with E-state index in [0.29, 0.717) is 22.5 Å². The van der Waals surface area contributed by atoms with Crippen molar-refractivity contribution in [1.82, 2.24) is 15.0 Å². The lowest BCUT2D eigenvalue weighted by atomic mass is 10.1. The molecule has 0 aliphatic carbocycles. The van der Waals surface area contributed by atoms with Gasteiger partial charge in [0.25, 0.3) is 5.91 Å². The third-order valence-electron chi connectivity index (χ3n) is 3.41. The fraction of sp³-hybridized carbons (Fsp3) is 0.118. The average Bonchev–Trinajstić information content (AvgIpc) is 3.03. The predicted molar refractivity (Wildman–Crippen MR) is 86.7 cm³/mol. The van der Waals surface area contributed by atoms with Gasteiger partial charge in [-0.2, -0.15) is 4.68 Å². The van der Waals surface area contributed by atoms with Crippen molar-refractivity contribution in [1.29, 1.82) is 0 Å². The molecule has 0 fully saturated rings. The summed E-state index contributed by atoms with van der Waals surface area (Å²) in [5, 5.41) is 7.86. The second-order valence-electron chi connectivity index (χ2n) is 4.77.